The fourth-order valence-electron chi connectivity index (χ4n) is 1.96. The van der Waals surface area contributed by atoms with Crippen molar-refractivity contribution in [3.8, 4) is 0 Å². The zero-order valence-corrected chi connectivity index (χ0v) is 12.7. The maximum Gasteiger partial charge on any atom is 0.253 e. The van der Waals surface area contributed by atoms with E-state index in [1.165, 1.54) is 6.20 Å². The highest BCUT2D eigenvalue weighted by Crippen LogP contribution is 2.19. The number of amides is 1. The van der Waals surface area contributed by atoms with Crippen molar-refractivity contribution in [2.75, 3.05) is 12.4 Å². The predicted octanol–water partition coefficient (Wildman–Crippen LogP) is 2.66. The van der Waals surface area contributed by atoms with Crippen LogP contribution in [-0.4, -0.2) is 22.9 Å². The molecule has 0 saturated heterocycles. The summed E-state index contributed by atoms with van der Waals surface area (Å²) < 4.78 is 0. The zero-order chi connectivity index (χ0) is 15.2. The molecule has 110 valence electrons. The molecule has 0 fully saturated rings. The van der Waals surface area contributed by atoms with Gasteiger partial charge in [0.05, 0.1) is 22.8 Å². The molecule has 0 aliphatic carbocycles. The van der Waals surface area contributed by atoms with E-state index < -0.39 is 0 Å². The molecule has 0 unspecified atom stereocenters. The number of hydrogen-bond acceptors (Lipinski definition) is 4. The van der Waals surface area contributed by atoms with E-state index in [1.807, 2.05) is 12.1 Å². The molecule has 21 heavy (non-hydrogen) atoms. The molecule has 2 heterocycles. The number of pyridine rings is 2. The van der Waals surface area contributed by atoms with Gasteiger partial charge in [0.25, 0.3) is 5.91 Å². The van der Waals surface area contributed by atoms with Crippen molar-refractivity contribution in [2.24, 2.45) is 0 Å². The van der Waals surface area contributed by atoms with Gasteiger partial charge in [-0.3, -0.25) is 9.78 Å². The number of aromatic nitrogens is 2. The standard InChI is InChI=1S/C15H17ClN4O/c1-3-10-5-4-6-18-13(10)9-20-15(21)11-7-12(16)14(17-2)19-8-11/h4-8H,3,9H2,1-2H3,(H,17,19)(H,20,21). The van der Waals surface area contributed by atoms with Crippen molar-refractivity contribution in [3.05, 3.63) is 52.4 Å². The summed E-state index contributed by atoms with van der Waals surface area (Å²) >= 11 is 6.02. The summed E-state index contributed by atoms with van der Waals surface area (Å²) in [6, 6.07) is 5.49. The summed E-state index contributed by atoms with van der Waals surface area (Å²) in [5.74, 6) is 0.325. The molecule has 2 N–H and O–H groups in total. The Kier molecular flexibility index (Phi) is 5.11. The topological polar surface area (TPSA) is 66.9 Å². The quantitative estimate of drug-likeness (QED) is 0.891. The molecule has 0 bridgehead atoms. The third-order valence-electron chi connectivity index (χ3n) is 3.12. The van der Waals surface area contributed by atoms with E-state index in [4.69, 9.17) is 11.6 Å². The molecule has 0 radical (unpaired) electrons. The van der Waals surface area contributed by atoms with Gasteiger partial charge >= 0.3 is 0 Å². The number of halogens is 1. The Bertz CT molecular complexity index is 645. The third-order valence-corrected chi connectivity index (χ3v) is 3.41. The molecular formula is C15H17ClN4O. The van der Waals surface area contributed by atoms with Crippen LogP contribution < -0.4 is 10.6 Å². The van der Waals surface area contributed by atoms with Crippen LogP contribution in [0.15, 0.2) is 30.6 Å². The van der Waals surface area contributed by atoms with Crippen LogP contribution in [0.3, 0.4) is 0 Å². The van der Waals surface area contributed by atoms with Gasteiger partial charge in [0.1, 0.15) is 5.82 Å². The number of carbonyl (C=O) groups excluding carboxylic acids is 1. The van der Waals surface area contributed by atoms with Gasteiger partial charge in [0, 0.05) is 19.4 Å². The van der Waals surface area contributed by atoms with Crippen molar-refractivity contribution in [1.29, 1.82) is 0 Å². The van der Waals surface area contributed by atoms with E-state index in [2.05, 4.69) is 27.5 Å². The van der Waals surface area contributed by atoms with Crippen LogP contribution in [0.1, 0.15) is 28.5 Å². The fourth-order valence-corrected chi connectivity index (χ4v) is 2.23. The molecule has 5 nitrogen and oxygen atoms in total. The monoisotopic (exact) mass is 304 g/mol. The zero-order valence-electron chi connectivity index (χ0n) is 12.0. The van der Waals surface area contributed by atoms with Crippen molar-refractivity contribution in [1.82, 2.24) is 15.3 Å². The van der Waals surface area contributed by atoms with Gasteiger partial charge in [-0.05, 0) is 24.1 Å². The predicted molar refractivity (Wildman–Crippen MR) is 83.6 cm³/mol. The van der Waals surface area contributed by atoms with Crippen LogP contribution in [0, 0.1) is 0 Å². The lowest BCUT2D eigenvalue weighted by Crippen LogP contribution is -2.24. The van der Waals surface area contributed by atoms with Crippen molar-refractivity contribution < 1.29 is 4.79 Å². The van der Waals surface area contributed by atoms with Gasteiger partial charge in [0.15, 0.2) is 0 Å². The minimum absolute atomic E-state index is 0.222. The fraction of sp³-hybridized carbons (Fsp3) is 0.267. The Hall–Kier alpha value is -2.14. The number of nitrogens with one attached hydrogen (secondary N) is 2. The van der Waals surface area contributed by atoms with Gasteiger partial charge in [-0.25, -0.2) is 4.98 Å². The SMILES string of the molecule is CCc1cccnc1CNC(=O)c1cnc(NC)c(Cl)c1. The molecule has 2 aromatic heterocycles. The highest BCUT2D eigenvalue weighted by atomic mass is 35.5. The van der Waals surface area contributed by atoms with Gasteiger partial charge < -0.3 is 10.6 Å². The molecule has 0 atom stereocenters. The molecule has 2 aromatic rings. The van der Waals surface area contributed by atoms with E-state index in [-0.39, 0.29) is 5.91 Å². The van der Waals surface area contributed by atoms with Crippen molar-refractivity contribution in [2.45, 2.75) is 19.9 Å². The first-order valence-corrected chi connectivity index (χ1v) is 7.07. The third kappa shape index (κ3) is 3.70. The Morgan fingerprint density at radius 1 is 1.38 bits per heavy atom. The smallest absolute Gasteiger partial charge is 0.253 e. The lowest BCUT2D eigenvalue weighted by Gasteiger charge is -2.09. The second kappa shape index (κ2) is 7.04. The Labute approximate surface area is 128 Å². The number of hydrogen-bond donors (Lipinski definition) is 2. The van der Waals surface area contributed by atoms with E-state index in [0.29, 0.717) is 22.9 Å². The maximum atomic E-state index is 12.1. The Morgan fingerprint density at radius 2 is 2.19 bits per heavy atom. The van der Waals surface area contributed by atoms with Gasteiger partial charge in [-0.15, -0.1) is 0 Å². The number of nitrogens with zero attached hydrogens (tertiary/aromatic N) is 2. The lowest BCUT2D eigenvalue weighted by molar-refractivity contribution is 0.0950. The van der Waals surface area contributed by atoms with Gasteiger partial charge in [-0.1, -0.05) is 24.6 Å². The van der Waals surface area contributed by atoms with Crippen LogP contribution in [0.25, 0.3) is 0 Å². The second-order valence-corrected chi connectivity index (χ2v) is 4.86. The Morgan fingerprint density at radius 3 is 2.86 bits per heavy atom. The maximum absolute atomic E-state index is 12.1. The minimum atomic E-state index is -0.222. The summed E-state index contributed by atoms with van der Waals surface area (Å²) in [7, 11) is 1.72. The first kappa shape index (κ1) is 15.3. The summed E-state index contributed by atoms with van der Waals surface area (Å²) in [5, 5.41) is 6.10. The molecule has 0 saturated carbocycles. The minimum Gasteiger partial charge on any atom is -0.372 e. The van der Waals surface area contributed by atoms with Crippen molar-refractivity contribution in [3.63, 3.8) is 0 Å². The molecule has 0 aliphatic rings. The van der Waals surface area contributed by atoms with E-state index >= 15 is 0 Å². The summed E-state index contributed by atoms with van der Waals surface area (Å²) in [5.41, 5.74) is 2.42. The molecular weight excluding hydrogens is 288 g/mol. The van der Waals surface area contributed by atoms with E-state index in [9.17, 15) is 4.79 Å². The lowest BCUT2D eigenvalue weighted by atomic mass is 10.1. The van der Waals surface area contributed by atoms with Crippen LogP contribution in [0.4, 0.5) is 5.82 Å². The highest BCUT2D eigenvalue weighted by molar-refractivity contribution is 6.33. The first-order valence-electron chi connectivity index (χ1n) is 6.70. The van der Waals surface area contributed by atoms with Crippen molar-refractivity contribution >= 4 is 23.3 Å². The second-order valence-electron chi connectivity index (χ2n) is 4.45. The van der Waals surface area contributed by atoms with Crippen LogP contribution >= 0.6 is 11.6 Å². The summed E-state index contributed by atoms with van der Waals surface area (Å²) in [6.07, 6.45) is 4.09. The molecule has 6 heteroatoms. The average Bonchev–Trinajstić information content (AvgIpc) is 2.52. The highest BCUT2D eigenvalue weighted by Gasteiger charge is 2.10. The first-order chi connectivity index (χ1) is 10.2. The summed E-state index contributed by atoms with van der Waals surface area (Å²) in [6.45, 7) is 2.44. The van der Waals surface area contributed by atoms with Crippen LogP contribution in [0.5, 0.6) is 0 Å². The van der Waals surface area contributed by atoms with Crippen LogP contribution in [-0.2, 0) is 13.0 Å². The number of aryl methyl sites for hydroxylation is 1. The molecule has 0 aromatic carbocycles. The largest absolute Gasteiger partial charge is 0.372 e. The number of anilines is 1. The Balaban J connectivity index is 2.06. The van der Waals surface area contributed by atoms with E-state index in [1.54, 1.807) is 19.3 Å². The molecule has 0 aliphatic heterocycles. The average molecular weight is 305 g/mol. The van der Waals surface area contributed by atoms with Gasteiger partial charge in [-0.2, -0.15) is 0 Å². The molecule has 0 spiro atoms. The molecule has 2 rings (SSSR count). The number of rotatable bonds is 5. The molecule has 1 amide bonds. The van der Waals surface area contributed by atoms with Crippen LogP contribution in [0.2, 0.25) is 5.02 Å². The summed E-state index contributed by atoms with van der Waals surface area (Å²) in [4.78, 5) is 20.5. The van der Waals surface area contributed by atoms with Gasteiger partial charge in [0.2, 0.25) is 0 Å². The normalized spacial score (nSPS) is 10.2. The number of carbonyl (C=O) groups is 1. The van der Waals surface area contributed by atoms with E-state index in [0.717, 1.165) is 17.7 Å².